The van der Waals surface area contributed by atoms with Crippen molar-refractivity contribution in [2.75, 3.05) is 20.6 Å². The van der Waals surface area contributed by atoms with Crippen LogP contribution in [0.3, 0.4) is 0 Å². The molecule has 0 aromatic rings. The maximum Gasteiger partial charge on any atom is 0.410 e. The minimum atomic E-state index is -0.467. The van der Waals surface area contributed by atoms with E-state index in [1.165, 1.54) is 0 Å². The lowest BCUT2D eigenvalue weighted by molar-refractivity contribution is 0.0230. The van der Waals surface area contributed by atoms with Crippen LogP contribution in [0.25, 0.3) is 0 Å². The van der Waals surface area contributed by atoms with Gasteiger partial charge in [-0.15, -0.1) is 0 Å². The molecule has 0 aromatic heterocycles. The van der Waals surface area contributed by atoms with Crippen molar-refractivity contribution in [1.29, 1.82) is 0 Å². The van der Waals surface area contributed by atoms with E-state index < -0.39 is 5.60 Å². The Bertz CT molecular complexity index is 364. The highest BCUT2D eigenvalue weighted by atomic mass is 16.6. The van der Waals surface area contributed by atoms with Crippen molar-refractivity contribution in [3.63, 3.8) is 0 Å². The zero-order chi connectivity index (χ0) is 17.3. The predicted octanol–water partition coefficient (Wildman–Crippen LogP) is 2.60. The number of amides is 1. The third-order valence-corrected chi connectivity index (χ3v) is 3.42. The zero-order valence-electron chi connectivity index (χ0n) is 15.5. The molecule has 0 aliphatic carbocycles. The monoisotopic (exact) mass is 314 g/mol. The smallest absolute Gasteiger partial charge is 0.410 e. The van der Waals surface area contributed by atoms with Crippen molar-refractivity contribution in [3.05, 3.63) is 0 Å². The topological polar surface area (TPSA) is 66.0 Å². The molecular formula is C16H34N4O2. The number of hydrogen-bond donors (Lipinski definition) is 2. The number of rotatable bonds is 6. The lowest BCUT2D eigenvalue weighted by Gasteiger charge is -2.29. The average molecular weight is 314 g/mol. The van der Waals surface area contributed by atoms with Gasteiger partial charge in [0, 0.05) is 32.7 Å². The van der Waals surface area contributed by atoms with Crippen LogP contribution in [-0.4, -0.2) is 55.3 Å². The molecule has 1 amide bonds. The van der Waals surface area contributed by atoms with Crippen molar-refractivity contribution in [3.8, 4) is 0 Å². The van der Waals surface area contributed by atoms with Gasteiger partial charge >= 0.3 is 6.09 Å². The van der Waals surface area contributed by atoms with E-state index in [9.17, 15) is 4.79 Å². The molecule has 22 heavy (non-hydrogen) atoms. The van der Waals surface area contributed by atoms with Gasteiger partial charge in [0.05, 0.1) is 0 Å². The summed E-state index contributed by atoms with van der Waals surface area (Å²) in [6.07, 6.45) is 1.57. The summed E-state index contributed by atoms with van der Waals surface area (Å²) >= 11 is 0. The van der Waals surface area contributed by atoms with Crippen LogP contribution in [0.1, 0.15) is 54.4 Å². The highest BCUT2D eigenvalue weighted by Gasteiger charge is 2.22. The molecule has 2 N–H and O–H groups in total. The number of carbonyl (C=O) groups is 1. The van der Waals surface area contributed by atoms with Gasteiger partial charge in [0.15, 0.2) is 5.96 Å². The fourth-order valence-corrected chi connectivity index (χ4v) is 1.64. The van der Waals surface area contributed by atoms with E-state index in [-0.39, 0.29) is 12.1 Å². The first-order valence-corrected chi connectivity index (χ1v) is 8.03. The first kappa shape index (κ1) is 20.5. The van der Waals surface area contributed by atoms with E-state index in [4.69, 9.17) is 4.74 Å². The molecule has 0 radical (unpaired) electrons. The molecule has 0 spiro atoms. The highest BCUT2D eigenvalue weighted by molar-refractivity contribution is 5.79. The van der Waals surface area contributed by atoms with E-state index in [1.54, 1.807) is 19.0 Å². The first-order valence-electron chi connectivity index (χ1n) is 8.03. The molecule has 130 valence electrons. The van der Waals surface area contributed by atoms with Crippen molar-refractivity contribution >= 4 is 12.1 Å². The Labute approximate surface area is 135 Å². The maximum absolute atomic E-state index is 12.0. The van der Waals surface area contributed by atoms with Crippen molar-refractivity contribution in [1.82, 2.24) is 15.5 Å². The summed E-state index contributed by atoms with van der Waals surface area (Å²) in [6.45, 7) is 12.6. The zero-order valence-corrected chi connectivity index (χ0v) is 15.5. The predicted molar refractivity (Wildman–Crippen MR) is 92.3 cm³/mol. The van der Waals surface area contributed by atoms with Crippen LogP contribution in [0, 0.1) is 0 Å². The molecule has 0 heterocycles. The van der Waals surface area contributed by atoms with Crippen LogP contribution in [0.4, 0.5) is 4.79 Å². The van der Waals surface area contributed by atoms with Crippen LogP contribution in [0.15, 0.2) is 4.99 Å². The standard InChI is InChI=1S/C16H34N4O2/c1-9-12(2)19-14(17-7)18-11-10-13(3)20(8)15(21)22-16(4,5)6/h12-13H,9-11H2,1-8H3,(H2,17,18,19). The van der Waals surface area contributed by atoms with Crippen LogP contribution in [-0.2, 0) is 4.74 Å². The minimum Gasteiger partial charge on any atom is -0.444 e. The van der Waals surface area contributed by atoms with Gasteiger partial charge < -0.3 is 20.3 Å². The number of aliphatic imine (C=N–C) groups is 1. The number of carbonyl (C=O) groups excluding carboxylic acids is 1. The van der Waals surface area contributed by atoms with E-state index in [1.807, 2.05) is 27.7 Å². The van der Waals surface area contributed by atoms with Gasteiger partial charge in [-0.05, 0) is 47.5 Å². The number of ether oxygens (including phenoxy) is 1. The van der Waals surface area contributed by atoms with E-state index in [0.29, 0.717) is 6.04 Å². The number of nitrogens with zero attached hydrogens (tertiary/aromatic N) is 2. The van der Waals surface area contributed by atoms with Gasteiger partial charge in [0.25, 0.3) is 0 Å². The SMILES string of the molecule is CCC(C)NC(=NC)NCCC(C)N(C)C(=O)OC(C)(C)C. The molecule has 0 aliphatic rings. The summed E-state index contributed by atoms with van der Waals surface area (Å²) in [7, 11) is 3.53. The summed E-state index contributed by atoms with van der Waals surface area (Å²) in [4.78, 5) is 17.8. The third-order valence-electron chi connectivity index (χ3n) is 3.42. The Hall–Kier alpha value is -1.46. The molecule has 6 nitrogen and oxygen atoms in total. The summed E-state index contributed by atoms with van der Waals surface area (Å²) in [5.41, 5.74) is -0.467. The molecule has 6 heteroatoms. The van der Waals surface area contributed by atoms with Gasteiger partial charge in [-0.25, -0.2) is 4.79 Å². The number of hydrogen-bond acceptors (Lipinski definition) is 3. The van der Waals surface area contributed by atoms with Crippen molar-refractivity contribution in [2.45, 2.75) is 72.1 Å². The largest absolute Gasteiger partial charge is 0.444 e. The molecule has 2 unspecified atom stereocenters. The van der Waals surface area contributed by atoms with Gasteiger partial charge in [-0.3, -0.25) is 4.99 Å². The molecule has 0 fully saturated rings. The molecule has 0 bridgehead atoms. The summed E-state index contributed by atoms with van der Waals surface area (Å²) in [5.74, 6) is 0.793. The highest BCUT2D eigenvalue weighted by Crippen LogP contribution is 2.11. The normalized spacial score (nSPS) is 15.0. The maximum atomic E-state index is 12.0. The Morgan fingerprint density at radius 1 is 1.32 bits per heavy atom. The molecule has 0 aliphatic heterocycles. The Morgan fingerprint density at radius 2 is 1.91 bits per heavy atom. The summed E-state index contributed by atoms with van der Waals surface area (Å²) in [6, 6.07) is 0.470. The van der Waals surface area contributed by atoms with Gasteiger partial charge in [-0.2, -0.15) is 0 Å². The quantitative estimate of drug-likeness (QED) is 0.584. The van der Waals surface area contributed by atoms with Crippen LogP contribution in [0.2, 0.25) is 0 Å². The fourth-order valence-electron chi connectivity index (χ4n) is 1.64. The first-order chi connectivity index (χ1) is 10.1. The van der Waals surface area contributed by atoms with Gasteiger partial charge in [-0.1, -0.05) is 6.92 Å². The molecule has 0 rings (SSSR count). The number of guanidine groups is 1. The van der Waals surface area contributed by atoms with E-state index >= 15 is 0 Å². The third kappa shape index (κ3) is 8.74. The van der Waals surface area contributed by atoms with Crippen LogP contribution >= 0.6 is 0 Å². The molecule has 0 saturated heterocycles. The summed E-state index contributed by atoms with van der Waals surface area (Å²) in [5, 5.41) is 6.57. The number of nitrogens with one attached hydrogen (secondary N) is 2. The van der Waals surface area contributed by atoms with Gasteiger partial charge in [0.1, 0.15) is 5.60 Å². The second-order valence-corrected chi connectivity index (χ2v) is 6.68. The second-order valence-electron chi connectivity index (χ2n) is 6.68. The fraction of sp³-hybridized carbons (Fsp3) is 0.875. The van der Waals surface area contributed by atoms with Crippen molar-refractivity contribution < 1.29 is 9.53 Å². The van der Waals surface area contributed by atoms with E-state index in [2.05, 4.69) is 29.5 Å². The van der Waals surface area contributed by atoms with E-state index in [0.717, 1.165) is 25.3 Å². The lowest BCUT2D eigenvalue weighted by atomic mass is 10.2. The minimum absolute atomic E-state index is 0.0871. The second kappa shape index (κ2) is 9.54. The molecular weight excluding hydrogens is 280 g/mol. The van der Waals surface area contributed by atoms with Gasteiger partial charge in [0.2, 0.25) is 0 Å². The Balaban J connectivity index is 4.21. The van der Waals surface area contributed by atoms with Crippen LogP contribution < -0.4 is 10.6 Å². The molecule has 0 saturated carbocycles. The Kier molecular flexibility index (Phi) is 8.90. The lowest BCUT2D eigenvalue weighted by Crippen LogP contribution is -2.44. The van der Waals surface area contributed by atoms with Crippen LogP contribution in [0.5, 0.6) is 0 Å². The summed E-state index contributed by atoms with van der Waals surface area (Å²) < 4.78 is 5.37. The molecule has 0 aromatic carbocycles. The Morgan fingerprint density at radius 3 is 2.36 bits per heavy atom. The molecule has 2 atom stereocenters. The average Bonchev–Trinajstić information content (AvgIpc) is 2.42. The van der Waals surface area contributed by atoms with Crippen molar-refractivity contribution in [2.24, 2.45) is 4.99 Å².